The van der Waals surface area contributed by atoms with Crippen LogP contribution in [0, 0.1) is 0 Å². The molecule has 0 aromatic rings. The summed E-state index contributed by atoms with van der Waals surface area (Å²) in [5.41, 5.74) is 0. The molecule has 0 unspecified atom stereocenters. The second-order valence-corrected chi connectivity index (χ2v) is 0. The Morgan fingerprint density at radius 1 is 0.714 bits per heavy atom. The van der Waals surface area contributed by atoms with Crippen molar-refractivity contribution in [3.05, 3.63) is 0 Å². The zero-order chi connectivity index (χ0) is 0. The number of hydrogen-bond donors (Lipinski definition) is 0. The number of hydrogen-bond acceptors (Lipinski definition) is 0. The van der Waals surface area contributed by atoms with E-state index in [1.165, 1.54) is 0 Å². The Morgan fingerprint density at radius 2 is 0.714 bits per heavy atom. The van der Waals surface area contributed by atoms with Crippen LogP contribution in [-0.4, -0.2) is 23.1 Å². The summed E-state index contributed by atoms with van der Waals surface area (Å²) < 4.78 is 0. The largest absolute Gasteiger partial charge is 2.00 e. The van der Waals surface area contributed by atoms with Crippen molar-refractivity contribution in [1.29, 1.82) is 0 Å². The molecule has 0 nitrogen and oxygen atoms in total. The van der Waals surface area contributed by atoms with Gasteiger partial charge in [0.25, 0.3) is 0 Å². The maximum Gasteiger partial charge on any atom is 2.00 e. The fourth-order valence-electron chi connectivity index (χ4n) is 0. The molecule has 0 rings (SSSR count). The molecule has 0 aromatic heterocycles. The van der Waals surface area contributed by atoms with Gasteiger partial charge in [0.2, 0.25) is 0 Å². The predicted molar refractivity (Wildman–Crippen MR) is 18.0 cm³/mol. The molecule has 7 heavy (non-hydrogen) atoms. The van der Waals surface area contributed by atoms with E-state index < -0.39 is 0 Å². The zero-order valence-electron chi connectivity index (χ0n) is 5.43. The Kier molecular flexibility index (Phi) is 3420. The molecule has 7 heteroatoms. The molecule has 0 saturated carbocycles. The summed E-state index contributed by atoms with van der Waals surface area (Å²) in [5, 5.41) is 0. The molecule has 0 amide bonds. The normalized spacial score (nSPS) is 0. The van der Waals surface area contributed by atoms with Crippen LogP contribution < -0.4 is 0 Å². The molecule has 0 fully saturated rings. The van der Waals surface area contributed by atoms with E-state index in [2.05, 4.69) is 0 Å². The first-order valence-electron chi connectivity index (χ1n) is 0. The predicted octanol–water partition coefficient (Wildman–Crippen LogP) is 0.449. The van der Waals surface area contributed by atoms with Gasteiger partial charge in [-0.25, -0.2) is 0 Å². The minimum Gasteiger partial charge on any atom is -1.00 e. The molecule has 0 atom stereocenters. The van der Waals surface area contributed by atoms with Crippen LogP contribution in [0.3, 0.4) is 0 Å². The van der Waals surface area contributed by atoms with Crippen LogP contribution in [0.1, 0.15) is 2.85 Å². The van der Waals surface area contributed by atoms with Gasteiger partial charge >= 0.3 is 23.1 Å². The minimum atomic E-state index is 0. The third-order valence-corrected chi connectivity index (χ3v) is 0. The van der Waals surface area contributed by atoms with Crippen molar-refractivity contribution in [1.82, 2.24) is 0 Å². The number of rotatable bonds is 0. The Hall–Kier alpha value is 1.63. The molecule has 0 spiro atoms. The maximum absolute atomic E-state index is 0. The van der Waals surface area contributed by atoms with Crippen LogP contribution in [0.25, 0.3) is 0 Å². The Balaban J connectivity index is 0. The van der Waals surface area contributed by atoms with E-state index in [0.717, 1.165) is 0 Å². The Morgan fingerprint density at radius 3 is 0.714 bits per heavy atom. The third kappa shape index (κ3) is 91.1. The van der Waals surface area contributed by atoms with Crippen LogP contribution >= 0.6 is 0 Å². The first kappa shape index (κ1) is 189. The van der Waals surface area contributed by atoms with Crippen molar-refractivity contribution in [3.8, 4) is 0 Å². The Labute approximate surface area is 81.0 Å². The third-order valence-electron chi connectivity index (χ3n) is 0. The molecule has 0 aromatic carbocycles. The summed E-state index contributed by atoms with van der Waals surface area (Å²) in [7, 11) is 0. The fraction of sp³-hybridized carbons (Fsp3) is 0. The average molecular weight is 227 g/mol. The molecule has 45 valence electrons. The first-order chi connectivity index (χ1) is 0. The fourth-order valence-corrected chi connectivity index (χ4v) is 0. The van der Waals surface area contributed by atoms with Gasteiger partial charge in [-0.2, -0.15) is 0 Å². The van der Waals surface area contributed by atoms with E-state index in [-0.39, 0.29) is 81.3 Å². The smallest absolute Gasteiger partial charge is 1.00 e. The molecule has 0 aliphatic heterocycles. The maximum atomic E-state index is 0. The van der Waals surface area contributed by atoms with E-state index in [9.17, 15) is 0 Å². The van der Waals surface area contributed by atoms with Gasteiger partial charge in [-0.3, -0.25) is 18.8 Å². The molecule has 0 heterocycles. The molecule has 0 aliphatic carbocycles. The van der Waals surface area contributed by atoms with Crippen molar-refractivity contribution < 1.29 is 58.2 Å². The van der Waals surface area contributed by atoms with Gasteiger partial charge in [0, 0.05) is 36.5 Å². The van der Waals surface area contributed by atoms with Crippen LogP contribution in [0.4, 0.5) is 18.8 Å². The van der Waals surface area contributed by atoms with Gasteiger partial charge in [0.15, 0.2) is 0 Å². The number of halogens is 4. The molecule has 0 N–H and O–H groups in total. The van der Waals surface area contributed by atoms with Gasteiger partial charge in [0.05, 0.1) is 0 Å². The standard InChI is InChI=1S/4FH.Mg.Mn.Zn.2H/h4*1H;;;;;/q;;;;+2;;;2*-1. The van der Waals surface area contributed by atoms with Crippen LogP contribution in [0.5, 0.6) is 0 Å². The molecule has 0 saturated heterocycles. The second-order valence-electron chi connectivity index (χ2n) is 0. The molecule has 0 aliphatic rings. The summed E-state index contributed by atoms with van der Waals surface area (Å²) in [4.78, 5) is 0. The van der Waals surface area contributed by atoms with E-state index in [0.29, 0.717) is 0 Å². The molecular weight excluding hydrogens is 221 g/mol. The van der Waals surface area contributed by atoms with E-state index >= 15 is 0 Å². The SMILES string of the molecule is F.F.F.F.[H-].[H-].[Mg+2].[Mn].[Zn]. The van der Waals surface area contributed by atoms with Crippen molar-refractivity contribution in [2.24, 2.45) is 0 Å². The topological polar surface area (TPSA) is 0 Å². The Bertz CT molecular complexity index is 18.5. The summed E-state index contributed by atoms with van der Waals surface area (Å²) in [6, 6.07) is 0. The summed E-state index contributed by atoms with van der Waals surface area (Å²) in [6.45, 7) is 0. The van der Waals surface area contributed by atoms with Gasteiger partial charge in [-0.15, -0.1) is 0 Å². The molecular formula is H6F4MgMnZn. The second kappa shape index (κ2) is 126. The van der Waals surface area contributed by atoms with Crippen LogP contribution in [0.15, 0.2) is 0 Å². The average Bonchev–Trinajstić information content (AvgIpc) is 0. The van der Waals surface area contributed by atoms with Gasteiger partial charge in [-0.05, 0) is 0 Å². The van der Waals surface area contributed by atoms with Crippen molar-refractivity contribution in [2.75, 3.05) is 0 Å². The van der Waals surface area contributed by atoms with Crippen molar-refractivity contribution >= 4 is 23.1 Å². The van der Waals surface area contributed by atoms with Gasteiger partial charge in [0.1, 0.15) is 0 Å². The quantitative estimate of drug-likeness (QED) is 0.416. The first-order valence-corrected chi connectivity index (χ1v) is 0. The monoisotopic (exact) mass is 225 g/mol. The molecule has 1 radical (unpaired) electrons. The summed E-state index contributed by atoms with van der Waals surface area (Å²) >= 11 is 0. The minimum absolute atomic E-state index is 0. The summed E-state index contributed by atoms with van der Waals surface area (Å²) in [5.74, 6) is 0. The van der Waals surface area contributed by atoms with E-state index in [4.69, 9.17) is 0 Å². The van der Waals surface area contributed by atoms with E-state index in [1.807, 2.05) is 0 Å². The van der Waals surface area contributed by atoms with Crippen molar-refractivity contribution in [2.45, 2.75) is 0 Å². The van der Waals surface area contributed by atoms with Gasteiger partial charge < -0.3 is 2.85 Å². The molecule has 0 bridgehead atoms. The van der Waals surface area contributed by atoms with Crippen LogP contribution in [-0.2, 0) is 36.5 Å². The summed E-state index contributed by atoms with van der Waals surface area (Å²) in [6.07, 6.45) is 0. The van der Waals surface area contributed by atoms with E-state index in [1.54, 1.807) is 0 Å². The zero-order valence-corrected chi connectivity index (χ0v) is 8.99. The van der Waals surface area contributed by atoms with Crippen LogP contribution in [0.2, 0.25) is 0 Å². The van der Waals surface area contributed by atoms with Crippen molar-refractivity contribution in [3.63, 3.8) is 0 Å². The van der Waals surface area contributed by atoms with Gasteiger partial charge in [-0.1, -0.05) is 0 Å².